The van der Waals surface area contributed by atoms with E-state index in [-0.39, 0.29) is 18.0 Å². The molecule has 2 aromatic carbocycles. The Bertz CT molecular complexity index is 999. The van der Waals surface area contributed by atoms with E-state index in [1.807, 2.05) is 29.2 Å². The summed E-state index contributed by atoms with van der Waals surface area (Å²) in [5.74, 6) is 1.01. The zero-order chi connectivity index (χ0) is 18.9. The number of benzene rings is 2. The molecule has 5 rings (SSSR count). The third-order valence-corrected chi connectivity index (χ3v) is 5.64. The number of ether oxygens (including phenoxy) is 1. The molecule has 3 aromatic rings. The number of aromatic nitrogens is 1. The lowest BCUT2D eigenvalue weighted by molar-refractivity contribution is -0.133. The lowest BCUT2D eigenvalue weighted by Crippen LogP contribution is -2.46. The van der Waals surface area contributed by atoms with Crippen molar-refractivity contribution >= 4 is 16.8 Å². The van der Waals surface area contributed by atoms with Gasteiger partial charge in [0.25, 0.3) is 0 Å². The molecule has 0 spiro atoms. The molecule has 2 unspecified atom stereocenters. The summed E-state index contributed by atoms with van der Waals surface area (Å²) in [5.41, 5.74) is 8.82. The van der Waals surface area contributed by atoms with Gasteiger partial charge in [-0.2, -0.15) is 0 Å². The van der Waals surface area contributed by atoms with Crippen molar-refractivity contribution in [2.45, 2.75) is 31.6 Å². The Morgan fingerprint density at radius 3 is 2.89 bits per heavy atom. The number of amides is 1. The predicted octanol–water partition coefficient (Wildman–Crippen LogP) is 2.30. The average Bonchev–Trinajstić information content (AvgIpc) is 3.29. The Morgan fingerprint density at radius 2 is 1.93 bits per heavy atom. The number of fused-ring (bicyclic) bond motifs is 2. The molecule has 3 heterocycles. The van der Waals surface area contributed by atoms with Crippen LogP contribution in [0.1, 0.15) is 12.0 Å². The molecule has 28 heavy (non-hydrogen) atoms. The number of nitrogens with one attached hydrogen (secondary N) is 2. The van der Waals surface area contributed by atoms with Crippen LogP contribution in [0.5, 0.6) is 5.75 Å². The Labute approximate surface area is 164 Å². The van der Waals surface area contributed by atoms with E-state index in [9.17, 15) is 4.79 Å². The molecule has 2 aliphatic heterocycles. The Hall–Kier alpha value is -2.83. The van der Waals surface area contributed by atoms with Gasteiger partial charge in [-0.05, 0) is 30.0 Å². The van der Waals surface area contributed by atoms with Gasteiger partial charge in [0.05, 0.1) is 6.54 Å². The fourth-order valence-corrected chi connectivity index (χ4v) is 4.18. The molecular formula is C22H24N4O2. The first-order valence-corrected chi connectivity index (χ1v) is 9.82. The first-order valence-electron chi connectivity index (χ1n) is 9.82. The molecule has 0 radical (unpaired) electrons. The van der Waals surface area contributed by atoms with Crippen molar-refractivity contribution in [1.29, 1.82) is 0 Å². The monoisotopic (exact) mass is 376 g/mol. The minimum Gasteiger partial charge on any atom is -0.491 e. The van der Waals surface area contributed by atoms with E-state index in [1.165, 1.54) is 10.9 Å². The van der Waals surface area contributed by atoms with E-state index >= 15 is 0 Å². The van der Waals surface area contributed by atoms with Crippen LogP contribution in [-0.2, 0) is 17.9 Å². The van der Waals surface area contributed by atoms with Gasteiger partial charge < -0.3 is 14.2 Å². The van der Waals surface area contributed by atoms with E-state index in [0.29, 0.717) is 19.7 Å². The van der Waals surface area contributed by atoms with Gasteiger partial charge in [0.2, 0.25) is 5.91 Å². The van der Waals surface area contributed by atoms with Crippen LogP contribution in [0.3, 0.4) is 0 Å². The minimum absolute atomic E-state index is 0.132. The summed E-state index contributed by atoms with van der Waals surface area (Å²) in [6, 6.07) is 18.5. The molecule has 0 saturated carbocycles. The highest BCUT2D eigenvalue weighted by atomic mass is 16.5. The number of carbonyl (C=O) groups is 1. The summed E-state index contributed by atoms with van der Waals surface area (Å²) < 4.78 is 8.04. The first-order chi connectivity index (χ1) is 13.8. The van der Waals surface area contributed by atoms with E-state index < -0.39 is 0 Å². The van der Waals surface area contributed by atoms with Gasteiger partial charge in [-0.25, -0.2) is 5.43 Å². The Morgan fingerprint density at radius 1 is 1.07 bits per heavy atom. The normalized spacial score (nSPS) is 21.9. The maximum Gasteiger partial charge on any atom is 0.241 e. The van der Waals surface area contributed by atoms with E-state index in [1.54, 1.807) is 0 Å². The van der Waals surface area contributed by atoms with E-state index in [4.69, 9.17) is 4.74 Å². The van der Waals surface area contributed by atoms with Gasteiger partial charge in [0.15, 0.2) is 0 Å². The minimum atomic E-state index is -0.211. The summed E-state index contributed by atoms with van der Waals surface area (Å²) in [4.78, 5) is 15.0. The smallest absolute Gasteiger partial charge is 0.241 e. The SMILES string of the molecule is O=C(C1CC(Cn2ccc3ccccc32)NN1)N1CCOc2ccccc2C1. The second-order valence-corrected chi connectivity index (χ2v) is 7.52. The third-order valence-electron chi connectivity index (χ3n) is 5.64. The molecule has 6 nitrogen and oxygen atoms in total. The van der Waals surface area contributed by atoms with Crippen molar-refractivity contribution in [2.24, 2.45) is 0 Å². The van der Waals surface area contributed by atoms with Crippen LogP contribution in [0.4, 0.5) is 0 Å². The maximum atomic E-state index is 13.1. The topological polar surface area (TPSA) is 58.5 Å². The van der Waals surface area contributed by atoms with Gasteiger partial charge in [0, 0.05) is 36.4 Å². The fourth-order valence-electron chi connectivity index (χ4n) is 4.18. The van der Waals surface area contributed by atoms with Crippen LogP contribution in [0, 0.1) is 0 Å². The molecule has 144 valence electrons. The van der Waals surface area contributed by atoms with Gasteiger partial charge in [-0.15, -0.1) is 0 Å². The molecule has 0 aliphatic carbocycles. The summed E-state index contributed by atoms with van der Waals surface area (Å²) >= 11 is 0. The average molecular weight is 376 g/mol. The number of hydrogen-bond donors (Lipinski definition) is 2. The van der Waals surface area contributed by atoms with Crippen LogP contribution in [-0.4, -0.2) is 40.6 Å². The number of para-hydroxylation sites is 2. The standard InChI is InChI=1S/C22H24N4O2/c27-22(26-11-12-28-21-8-4-2-6-17(21)14-26)19-13-18(23-24-19)15-25-10-9-16-5-1-3-7-20(16)25/h1-10,18-19,23-24H,11-15H2. The largest absolute Gasteiger partial charge is 0.491 e. The number of nitrogens with zero attached hydrogens (tertiary/aromatic N) is 2. The summed E-state index contributed by atoms with van der Waals surface area (Å²) in [6.07, 6.45) is 2.88. The molecular weight excluding hydrogens is 352 g/mol. The number of hydrazine groups is 1. The highest BCUT2D eigenvalue weighted by Gasteiger charge is 2.33. The van der Waals surface area contributed by atoms with Crippen molar-refractivity contribution in [3.63, 3.8) is 0 Å². The van der Waals surface area contributed by atoms with Gasteiger partial charge in [-0.3, -0.25) is 10.2 Å². The lowest BCUT2D eigenvalue weighted by atomic mass is 10.1. The van der Waals surface area contributed by atoms with Crippen molar-refractivity contribution in [3.05, 3.63) is 66.4 Å². The Balaban J connectivity index is 1.25. The second kappa shape index (κ2) is 7.30. The molecule has 1 fully saturated rings. The van der Waals surface area contributed by atoms with Gasteiger partial charge in [-0.1, -0.05) is 36.4 Å². The van der Waals surface area contributed by atoms with Crippen LogP contribution in [0.2, 0.25) is 0 Å². The Kier molecular flexibility index (Phi) is 4.50. The number of hydrogen-bond acceptors (Lipinski definition) is 4. The summed E-state index contributed by atoms with van der Waals surface area (Å²) in [5, 5.41) is 1.24. The van der Waals surface area contributed by atoms with Crippen molar-refractivity contribution in [1.82, 2.24) is 20.3 Å². The van der Waals surface area contributed by atoms with Crippen molar-refractivity contribution in [2.75, 3.05) is 13.2 Å². The van der Waals surface area contributed by atoms with Gasteiger partial charge in [0.1, 0.15) is 18.4 Å². The molecule has 0 bridgehead atoms. The van der Waals surface area contributed by atoms with Crippen LogP contribution in [0.15, 0.2) is 60.8 Å². The summed E-state index contributed by atoms with van der Waals surface area (Å²) in [6.45, 7) is 2.57. The quantitative estimate of drug-likeness (QED) is 0.737. The molecule has 2 N–H and O–H groups in total. The zero-order valence-electron chi connectivity index (χ0n) is 15.7. The van der Waals surface area contributed by atoms with E-state index in [2.05, 4.69) is 51.9 Å². The summed E-state index contributed by atoms with van der Waals surface area (Å²) in [7, 11) is 0. The van der Waals surface area contributed by atoms with Crippen LogP contribution >= 0.6 is 0 Å². The van der Waals surface area contributed by atoms with Crippen LogP contribution < -0.4 is 15.6 Å². The third kappa shape index (κ3) is 3.25. The van der Waals surface area contributed by atoms with Crippen molar-refractivity contribution in [3.8, 4) is 5.75 Å². The van der Waals surface area contributed by atoms with Gasteiger partial charge >= 0.3 is 0 Å². The van der Waals surface area contributed by atoms with E-state index in [0.717, 1.165) is 24.3 Å². The first kappa shape index (κ1) is 17.3. The second-order valence-electron chi connectivity index (χ2n) is 7.52. The van der Waals surface area contributed by atoms with Crippen LogP contribution in [0.25, 0.3) is 10.9 Å². The maximum absolute atomic E-state index is 13.1. The molecule has 1 aromatic heterocycles. The zero-order valence-corrected chi connectivity index (χ0v) is 15.7. The lowest BCUT2D eigenvalue weighted by Gasteiger charge is -2.23. The molecule has 1 amide bonds. The molecule has 1 saturated heterocycles. The fraction of sp³-hybridized carbons (Fsp3) is 0.318. The highest BCUT2D eigenvalue weighted by Crippen LogP contribution is 2.24. The molecule has 2 atom stereocenters. The number of carbonyl (C=O) groups excluding carboxylic acids is 1. The molecule has 6 heteroatoms. The predicted molar refractivity (Wildman–Crippen MR) is 108 cm³/mol. The van der Waals surface area contributed by atoms with Crippen molar-refractivity contribution < 1.29 is 9.53 Å². The number of rotatable bonds is 3. The highest BCUT2D eigenvalue weighted by molar-refractivity contribution is 5.82. The molecule has 2 aliphatic rings.